The van der Waals surface area contributed by atoms with Gasteiger partial charge in [0.15, 0.2) is 0 Å². The van der Waals surface area contributed by atoms with Gasteiger partial charge in [0.2, 0.25) is 10.0 Å². The van der Waals surface area contributed by atoms with Crippen molar-refractivity contribution in [2.75, 3.05) is 26.2 Å². The third kappa shape index (κ3) is 4.74. The zero-order chi connectivity index (χ0) is 22.7. The predicted octanol–water partition coefficient (Wildman–Crippen LogP) is 2.09. The van der Waals surface area contributed by atoms with Gasteiger partial charge in [-0.1, -0.05) is 48.0 Å². The molecule has 1 aliphatic heterocycles. The van der Waals surface area contributed by atoms with Crippen LogP contribution in [0.25, 0.3) is 0 Å². The van der Waals surface area contributed by atoms with Gasteiger partial charge in [0, 0.05) is 37.3 Å². The molecule has 32 heavy (non-hydrogen) atoms. The number of aromatic nitrogens is 2. The Labute approximate surface area is 190 Å². The number of halogens is 1. The maximum Gasteiger partial charge on any atom is 0.274 e. The van der Waals surface area contributed by atoms with Crippen molar-refractivity contribution in [3.8, 4) is 0 Å². The van der Waals surface area contributed by atoms with Crippen molar-refractivity contribution >= 4 is 27.5 Å². The van der Waals surface area contributed by atoms with E-state index in [2.05, 4.69) is 5.10 Å². The summed E-state index contributed by atoms with van der Waals surface area (Å²) in [5, 5.41) is 4.58. The van der Waals surface area contributed by atoms with Crippen molar-refractivity contribution in [3.05, 3.63) is 93.4 Å². The highest BCUT2D eigenvalue weighted by molar-refractivity contribution is 7.89. The van der Waals surface area contributed by atoms with E-state index < -0.39 is 10.0 Å². The molecule has 1 fully saturated rings. The van der Waals surface area contributed by atoms with Gasteiger partial charge in [-0.25, -0.2) is 13.1 Å². The van der Waals surface area contributed by atoms with Crippen molar-refractivity contribution in [2.45, 2.75) is 11.4 Å². The molecule has 0 bridgehead atoms. The minimum atomic E-state index is -3.70. The Morgan fingerprint density at radius 2 is 1.66 bits per heavy atom. The Balaban J connectivity index is 1.46. The molecule has 0 unspecified atom stereocenters. The standard InChI is InChI=1S/C22H21ClN4O4S/c23-18-7-4-8-19(15-18)32(30,31)26-13-11-25(12-14-26)22(29)20-9-10-21(28)27(24-20)16-17-5-2-1-3-6-17/h1-10,15H,11-14,16H2. The molecule has 0 N–H and O–H groups in total. The predicted molar refractivity (Wildman–Crippen MR) is 120 cm³/mol. The van der Waals surface area contributed by atoms with E-state index in [1.807, 2.05) is 30.3 Å². The minimum Gasteiger partial charge on any atom is -0.335 e. The zero-order valence-electron chi connectivity index (χ0n) is 17.1. The number of amides is 1. The van der Waals surface area contributed by atoms with Crippen LogP contribution in [0.4, 0.5) is 0 Å². The fourth-order valence-electron chi connectivity index (χ4n) is 3.50. The second-order valence-corrected chi connectivity index (χ2v) is 9.73. The Hall–Kier alpha value is -3.01. The molecule has 8 nitrogen and oxygen atoms in total. The van der Waals surface area contributed by atoms with Crippen LogP contribution in [0.3, 0.4) is 0 Å². The summed E-state index contributed by atoms with van der Waals surface area (Å²) in [6, 6.07) is 18.2. The molecule has 0 atom stereocenters. The molecule has 1 saturated heterocycles. The third-order valence-electron chi connectivity index (χ3n) is 5.22. The lowest BCUT2D eigenvalue weighted by molar-refractivity contribution is 0.0689. The van der Waals surface area contributed by atoms with E-state index in [1.54, 1.807) is 17.0 Å². The minimum absolute atomic E-state index is 0.124. The van der Waals surface area contributed by atoms with Gasteiger partial charge in [-0.2, -0.15) is 9.40 Å². The molecule has 1 amide bonds. The van der Waals surface area contributed by atoms with Crippen LogP contribution in [-0.4, -0.2) is 59.5 Å². The summed E-state index contributed by atoms with van der Waals surface area (Å²) in [6.07, 6.45) is 0. The lowest BCUT2D eigenvalue weighted by Gasteiger charge is -2.33. The number of nitrogens with zero attached hydrogens (tertiary/aromatic N) is 4. The molecule has 4 rings (SSSR count). The quantitative estimate of drug-likeness (QED) is 0.567. The number of carbonyl (C=O) groups excluding carboxylic acids is 1. The molecule has 2 heterocycles. The first-order valence-corrected chi connectivity index (χ1v) is 11.8. The van der Waals surface area contributed by atoms with Crippen LogP contribution in [-0.2, 0) is 16.6 Å². The van der Waals surface area contributed by atoms with Crippen LogP contribution in [0.1, 0.15) is 16.1 Å². The molecule has 1 aromatic heterocycles. The number of benzene rings is 2. The summed E-state index contributed by atoms with van der Waals surface area (Å²) in [5.41, 5.74) is 0.737. The molecule has 3 aromatic rings. The van der Waals surface area contributed by atoms with E-state index in [-0.39, 0.29) is 54.8 Å². The monoisotopic (exact) mass is 472 g/mol. The number of hydrogen-bond donors (Lipinski definition) is 0. The van der Waals surface area contributed by atoms with Crippen LogP contribution >= 0.6 is 11.6 Å². The average Bonchev–Trinajstić information content (AvgIpc) is 2.81. The SMILES string of the molecule is O=C(c1ccc(=O)n(Cc2ccccc2)n1)N1CCN(S(=O)(=O)c2cccc(Cl)c2)CC1. The van der Waals surface area contributed by atoms with Gasteiger partial charge in [-0.15, -0.1) is 0 Å². The Morgan fingerprint density at radius 3 is 2.34 bits per heavy atom. The molecule has 0 saturated carbocycles. The van der Waals surface area contributed by atoms with E-state index >= 15 is 0 Å². The highest BCUT2D eigenvalue weighted by atomic mass is 35.5. The van der Waals surface area contributed by atoms with Crippen molar-refractivity contribution in [2.24, 2.45) is 0 Å². The van der Waals surface area contributed by atoms with Gasteiger partial charge < -0.3 is 4.90 Å². The smallest absolute Gasteiger partial charge is 0.274 e. The van der Waals surface area contributed by atoms with Gasteiger partial charge in [0.25, 0.3) is 11.5 Å². The summed E-state index contributed by atoms with van der Waals surface area (Å²) in [4.78, 5) is 26.8. The van der Waals surface area contributed by atoms with Crippen LogP contribution in [0.5, 0.6) is 0 Å². The highest BCUT2D eigenvalue weighted by Crippen LogP contribution is 2.21. The van der Waals surface area contributed by atoms with Gasteiger partial charge in [-0.3, -0.25) is 9.59 Å². The molecule has 1 aliphatic rings. The van der Waals surface area contributed by atoms with E-state index in [9.17, 15) is 18.0 Å². The average molecular weight is 473 g/mol. The topological polar surface area (TPSA) is 92.6 Å². The highest BCUT2D eigenvalue weighted by Gasteiger charge is 2.31. The first-order valence-electron chi connectivity index (χ1n) is 10.0. The summed E-state index contributed by atoms with van der Waals surface area (Å²) >= 11 is 5.93. The summed E-state index contributed by atoms with van der Waals surface area (Å²) < 4.78 is 28.3. The first-order chi connectivity index (χ1) is 15.3. The third-order valence-corrected chi connectivity index (χ3v) is 7.35. The molecular weight excluding hydrogens is 452 g/mol. The Morgan fingerprint density at radius 1 is 0.938 bits per heavy atom. The number of piperazine rings is 1. The number of hydrogen-bond acceptors (Lipinski definition) is 5. The second-order valence-electron chi connectivity index (χ2n) is 7.35. The lowest BCUT2D eigenvalue weighted by atomic mass is 10.2. The normalized spacial score (nSPS) is 15.0. The first kappa shape index (κ1) is 22.2. The van der Waals surface area contributed by atoms with E-state index in [0.717, 1.165) is 5.56 Å². The molecule has 2 aromatic carbocycles. The summed E-state index contributed by atoms with van der Waals surface area (Å²) in [6.45, 7) is 1.01. The fraction of sp³-hybridized carbons (Fsp3) is 0.227. The van der Waals surface area contributed by atoms with Crippen molar-refractivity contribution in [1.82, 2.24) is 19.0 Å². The second kappa shape index (κ2) is 9.23. The van der Waals surface area contributed by atoms with Gasteiger partial charge in [-0.05, 0) is 29.8 Å². The van der Waals surface area contributed by atoms with Crippen LogP contribution in [0.2, 0.25) is 5.02 Å². The van der Waals surface area contributed by atoms with E-state index in [4.69, 9.17) is 11.6 Å². The van der Waals surface area contributed by atoms with E-state index in [1.165, 1.54) is 33.3 Å². The molecule has 0 radical (unpaired) electrons. The van der Waals surface area contributed by atoms with Gasteiger partial charge >= 0.3 is 0 Å². The van der Waals surface area contributed by atoms with E-state index in [0.29, 0.717) is 5.02 Å². The van der Waals surface area contributed by atoms with Crippen molar-refractivity contribution in [1.29, 1.82) is 0 Å². The fourth-order valence-corrected chi connectivity index (χ4v) is 5.23. The molecule has 166 valence electrons. The molecule has 0 aliphatic carbocycles. The van der Waals surface area contributed by atoms with Crippen molar-refractivity contribution < 1.29 is 13.2 Å². The number of sulfonamides is 1. The maximum absolute atomic E-state index is 12.9. The summed E-state index contributed by atoms with van der Waals surface area (Å²) in [7, 11) is -3.70. The van der Waals surface area contributed by atoms with Crippen LogP contribution in [0.15, 0.2) is 76.4 Å². The van der Waals surface area contributed by atoms with Gasteiger partial charge in [0.1, 0.15) is 5.69 Å². The zero-order valence-corrected chi connectivity index (χ0v) is 18.7. The number of carbonyl (C=O) groups is 1. The summed E-state index contributed by atoms with van der Waals surface area (Å²) in [5.74, 6) is -0.341. The van der Waals surface area contributed by atoms with Crippen LogP contribution < -0.4 is 5.56 Å². The maximum atomic E-state index is 12.9. The molecular formula is C22H21ClN4O4S. The van der Waals surface area contributed by atoms with Gasteiger partial charge in [0.05, 0.1) is 11.4 Å². The number of rotatable bonds is 5. The van der Waals surface area contributed by atoms with Crippen LogP contribution in [0, 0.1) is 0 Å². The Kier molecular flexibility index (Phi) is 6.40. The largest absolute Gasteiger partial charge is 0.335 e. The molecule has 0 spiro atoms. The molecule has 10 heteroatoms. The Bertz CT molecular complexity index is 1290. The van der Waals surface area contributed by atoms with Crippen molar-refractivity contribution in [3.63, 3.8) is 0 Å². The lowest BCUT2D eigenvalue weighted by Crippen LogP contribution is -2.50.